The lowest BCUT2D eigenvalue weighted by Crippen LogP contribution is -2.03. The second-order valence-electron chi connectivity index (χ2n) is 7.08. The van der Waals surface area contributed by atoms with Gasteiger partial charge in [0.1, 0.15) is 0 Å². The predicted octanol–water partition coefficient (Wildman–Crippen LogP) is 8.46. The zero-order chi connectivity index (χ0) is 19.5. The predicted molar refractivity (Wildman–Crippen MR) is 111 cm³/mol. The molecule has 0 saturated carbocycles. The van der Waals surface area contributed by atoms with E-state index < -0.39 is 12.4 Å². The first-order chi connectivity index (χ1) is 12.5. The van der Waals surface area contributed by atoms with Crippen LogP contribution in [0.4, 0.5) is 4.79 Å². The van der Waals surface area contributed by atoms with E-state index >= 15 is 0 Å². The van der Waals surface area contributed by atoms with Gasteiger partial charge in [-0.3, -0.25) is 4.57 Å². The van der Waals surface area contributed by atoms with Crippen molar-refractivity contribution in [2.45, 2.75) is 110 Å². The van der Waals surface area contributed by atoms with Gasteiger partial charge in [-0.25, -0.2) is 4.79 Å². The Balaban J connectivity index is 3.18. The lowest BCUT2D eigenvalue weighted by molar-refractivity contribution is 0.165. The Morgan fingerprint density at radius 2 is 1.08 bits per heavy atom. The van der Waals surface area contributed by atoms with E-state index in [1.165, 1.54) is 83.5 Å². The highest BCUT2D eigenvalue weighted by atomic mass is 35.7. The van der Waals surface area contributed by atoms with Crippen molar-refractivity contribution in [2.75, 3.05) is 13.7 Å². The fraction of sp³-hybridized carbons (Fsp3) is 0.950. The van der Waals surface area contributed by atoms with Crippen LogP contribution in [0.3, 0.4) is 0 Å². The number of hydrogen-bond acceptors (Lipinski definition) is 4. The normalized spacial score (nSPS) is 13.5. The van der Waals surface area contributed by atoms with E-state index in [-0.39, 0.29) is 6.61 Å². The van der Waals surface area contributed by atoms with Gasteiger partial charge in [0.15, 0.2) is 0 Å². The molecule has 0 aromatic rings. The number of ether oxygens (including phenoxy) is 1. The van der Waals surface area contributed by atoms with Crippen molar-refractivity contribution in [3.8, 4) is 0 Å². The highest BCUT2D eigenvalue weighted by molar-refractivity contribution is 7.97. The molecule has 0 aliphatic heterocycles. The maximum Gasteiger partial charge on any atom is 0.407 e. The Bertz CT molecular complexity index is 377. The highest BCUT2D eigenvalue weighted by Crippen LogP contribution is 2.53. The molecule has 0 aromatic carbocycles. The molecule has 0 amide bonds. The van der Waals surface area contributed by atoms with Gasteiger partial charge in [0.25, 0.3) is 0 Å². The van der Waals surface area contributed by atoms with Gasteiger partial charge in [-0.15, -0.1) is 0 Å². The SMILES string of the molecule is CCCCCCCCCCCCCCCCCCOC(=O)P(=O)(Cl)OC. The summed E-state index contributed by atoms with van der Waals surface area (Å²) in [6.45, 7) is -1.22. The summed E-state index contributed by atoms with van der Waals surface area (Å²) in [7, 11) is 1.14. The molecule has 0 spiro atoms. The molecule has 1 unspecified atom stereocenters. The molecule has 26 heavy (non-hydrogen) atoms. The average molecular weight is 411 g/mol. The molecule has 1 atom stereocenters. The zero-order valence-corrected chi connectivity index (χ0v) is 18.6. The average Bonchev–Trinajstić information content (AvgIpc) is 2.64. The Kier molecular flexibility index (Phi) is 18.3. The number of carbonyl (C=O) groups excluding carboxylic acids is 1. The molecule has 0 aliphatic carbocycles. The van der Waals surface area contributed by atoms with Crippen LogP contribution in [0.5, 0.6) is 0 Å². The monoisotopic (exact) mass is 410 g/mol. The van der Waals surface area contributed by atoms with E-state index in [4.69, 9.17) is 16.0 Å². The van der Waals surface area contributed by atoms with Gasteiger partial charge in [-0.05, 0) is 17.7 Å². The van der Waals surface area contributed by atoms with E-state index in [1.54, 1.807) is 0 Å². The summed E-state index contributed by atoms with van der Waals surface area (Å²) in [6.07, 6.45) is 20.7. The Morgan fingerprint density at radius 3 is 1.42 bits per heavy atom. The quantitative estimate of drug-likeness (QED) is 0.158. The molecular formula is C20H40ClO4P. The molecule has 0 aromatic heterocycles. The third-order valence-electron chi connectivity index (χ3n) is 4.68. The number of carbonyl (C=O) groups is 1. The molecule has 0 bridgehead atoms. The van der Waals surface area contributed by atoms with Crippen molar-refractivity contribution in [1.29, 1.82) is 0 Å². The maximum atomic E-state index is 11.4. The molecule has 6 heteroatoms. The van der Waals surface area contributed by atoms with Crippen LogP contribution in [0.25, 0.3) is 0 Å². The Morgan fingerprint density at radius 1 is 0.731 bits per heavy atom. The van der Waals surface area contributed by atoms with E-state index in [2.05, 4.69) is 11.4 Å². The number of hydrogen-bond donors (Lipinski definition) is 0. The third-order valence-corrected chi connectivity index (χ3v) is 6.54. The minimum absolute atomic E-state index is 0.261. The summed E-state index contributed by atoms with van der Waals surface area (Å²) in [6, 6.07) is 0. The minimum atomic E-state index is -3.74. The lowest BCUT2D eigenvalue weighted by Gasteiger charge is -2.08. The second-order valence-corrected chi connectivity index (χ2v) is 10.1. The standard InChI is InChI=1S/C20H40ClO4P/c1-3-4-5-6-7-8-9-10-11-12-13-14-15-16-17-18-19-25-20(22)26(21,23)24-2/h3-19H2,1-2H3. The van der Waals surface area contributed by atoms with Crippen LogP contribution >= 0.6 is 18.0 Å². The van der Waals surface area contributed by atoms with Crippen LogP contribution in [0.1, 0.15) is 110 Å². The number of rotatable bonds is 19. The number of halogens is 1. The molecule has 0 aliphatic rings. The largest absolute Gasteiger partial charge is 0.458 e. The smallest absolute Gasteiger partial charge is 0.407 e. The van der Waals surface area contributed by atoms with Crippen LogP contribution in [0.15, 0.2) is 0 Å². The Hall–Kier alpha value is -0.0500. The van der Waals surface area contributed by atoms with Gasteiger partial charge < -0.3 is 9.26 Å². The summed E-state index contributed by atoms with van der Waals surface area (Å²) < 4.78 is 20.6. The van der Waals surface area contributed by atoms with Gasteiger partial charge in [0, 0.05) is 7.11 Å². The van der Waals surface area contributed by atoms with Crippen LogP contribution in [0, 0.1) is 0 Å². The lowest BCUT2D eigenvalue weighted by atomic mass is 10.0. The van der Waals surface area contributed by atoms with E-state index in [0.717, 1.165) is 26.4 Å². The molecule has 0 fully saturated rings. The first kappa shape index (κ1) is 26.0. The summed E-state index contributed by atoms with van der Waals surface area (Å²) in [5.74, 6) is 0. The van der Waals surface area contributed by atoms with Gasteiger partial charge in [0.2, 0.25) is 0 Å². The van der Waals surface area contributed by atoms with E-state index in [1.807, 2.05) is 0 Å². The van der Waals surface area contributed by atoms with E-state index in [0.29, 0.717) is 0 Å². The van der Waals surface area contributed by atoms with Gasteiger partial charge in [0.05, 0.1) is 6.61 Å². The Labute approximate surface area is 166 Å². The van der Waals surface area contributed by atoms with Crippen LogP contribution in [0.2, 0.25) is 0 Å². The van der Waals surface area contributed by atoms with Crippen LogP contribution in [-0.2, 0) is 13.8 Å². The van der Waals surface area contributed by atoms with Crippen molar-refractivity contribution in [2.24, 2.45) is 0 Å². The summed E-state index contributed by atoms with van der Waals surface area (Å²) >= 11 is 5.41. The summed E-state index contributed by atoms with van der Waals surface area (Å²) in [4.78, 5) is 11.3. The topological polar surface area (TPSA) is 52.6 Å². The van der Waals surface area contributed by atoms with Crippen molar-refractivity contribution in [1.82, 2.24) is 0 Å². The van der Waals surface area contributed by atoms with E-state index in [9.17, 15) is 9.36 Å². The van der Waals surface area contributed by atoms with Crippen LogP contribution < -0.4 is 0 Å². The molecule has 0 heterocycles. The maximum absolute atomic E-state index is 11.4. The zero-order valence-electron chi connectivity index (χ0n) is 17.0. The minimum Gasteiger partial charge on any atom is -0.458 e. The molecule has 0 rings (SSSR count). The molecule has 4 nitrogen and oxygen atoms in total. The number of unbranched alkanes of at least 4 members (excludes halogenated alkanes) is 15. The van der Waals surface area contributed by atoms with Gasteiger partial charge >= 0.3 is 12.4 Å². The van der Waals surface area contributed by atoms with Crippen molar-refractivity contribution in [3.63, 3.8) is 0 Å². The third kappa shape index (κ3) is 16.1. The fourth-order valence-corrected chi connectivity index (χ4v) is 3.50. The molecule has 0 N–H and O–H groups in total. The van der Waals surface area contributed by atoms with Crippen molar-refractivity contribution < 1.29 is 18.6 Å². The second kappa shape index (κ2) is 18.3. The fourth-order valence-electron chi connectivity index (χ4n) is 2.96. The van der Waals surface area contributed by atoms with Crippen molar-refractivity contribution in [3.05, 3.63) is 0 Å². The molecule has 0 radical (unpaired) electrons. The van der Waals surface area contributed by atoms with Gasteiger partial charge in [-0.1, -0.05) is 103 Å². The molecule has 0 saturated heterocycles. The summed E-state index contributed by atoms with van der Waals surface area (Å²) in [5.41, 5.74) is -0.942. The molecule has 156 valence electrons. The first-order valence-electron chi connectivity index (χ1n) is 10.6. The van der Waals surface area contributed by atoms with Crippen LogP contribution in [-0.4, -0.2) is 19.4 Å². The summed E-state index contributed by atoms with van der Waals surface area (Å²) in [5, 5.41) is 0. The van der Waals surface area contributed by atoms with Gasteiger partial charge in [-0.2, -0.15) is 0 Å². The van der Waals surface area contributed by atoms with Crippen molar-refractivity contribution >= 4 is 23.7 Å². The first-order valence-corrected chi connectivity index (χ1v) is 13.1. The molecular weight excluding hydrogens is 371 g/mol. The highest BCUT2D eigenvalue weighted by Gasteiger charge is 2.30.